The Labute approximate surface area is 116 Å². The van der Waals surface area contributed by atoms with Crippen LogP contribution in [0.5, 0.6) is 0 Å². The molecule has 10 heteroatoms. The van der Waals surface area contributed by atoms with Gasteiger partial charge in [0.05, 0.1) is 12.3 Å². The number of hydrogen-bond acceptors (Lipinski definition) is 5. The number of halogens is 1. The van der Waals surface area contributed by atoms with Crippen LogP contribution in [0.4, 0.5) is 4.39 Å². The van der Waals surface area contributed by atoms with Gasteiger partial charge in [0.15, 0.2) is 0 Å². The average Bonchev–Trinajstić information content (AvgIpc) is 2.85. The highest BCUT2D eigenvalue weighted by Gasteiger charge is 2.35. The van der Waals surface area contributed by atoms with Crippen LogP contribution < -0.4 is 11.2 Å². The molecular formula is C10H13B2FN2O5. The Balaban J connectivity index is 0.000000956. The molecule has 2 unspecified atom stereocenters. The topological polar surface area (TPSA) is 105 Å². The molecule has 1 aromatic rings. The molecule has 2 rings (SSSR count). The predicted octanol–water partition coefficient (Wildman–Crippen LogP) is -2.06. The normalized spacial score (nSPS) is 22.2. The monoisotopic (exact) mass is 282 g/mol. The molecule has 1 aliphatic rings. The predicted molar refractivity (Wildman–Crippen MR) is 69.0 cm³/mol. The van der Waals surface area contributed by atoms with Gasteiger partial charge in [0, 0.05) is 12.5 Å². The van der Waals surface area contributed by atoms with E-state index in [0.29, 0.717) is 12.8 Å². The van der Waals surface area contributed by atoms with Gasteiger partial charge in [-0.3, -0.25) is 14.3 Å². The summed E-state index contributed by atoms with van der Waals surface area (Å²) in [5, 5.41) is 14.3. The third-order valence-electron chi connectivity index (χ3n) is 2.75. The zero-order chi connectivity index (χ0) is 15.5. The van der Waals surface area contributed by atoms with Crippen LogP contribution in [0.3, 0.4) is 0 Å². The van der Waals surface area contributed by atoms with Crippen molar-refractivity contribution in [1.29, 1.82) is 0 Å². The molecule has 106 valence electrons. The molecule has 4 radical (unpaired) electrons. The molecule has 0 spiro atoms. The summed E-state index contributed by atoms with van der Waals surface area (Å²) in [5.41, 5.74) is -1.90. The maximum atomic E-state index is 13.1. The first-order valence-corrected chi connectivity index (χ1v) is 5.70. The quantitative estimate of drug-likeness (QED) is 0.541. The van der Waals surface area contributed by atoms with Crippen molar-refractivity contribution in [3.63, 3.8) is 0 Å². The number of aromatic amines is 1. The first-order chi connectivity index (χ1) is 9.29. The fourth-order valence-corrected chi connectivity index (χ4v) is 1.84. The lowest BCUT2D eigenvalue weighted by atomic mass is 9.61. The van der Waals surface area contributed by atoms with E-state index in [9.17, 15) is 19.1 Å². The summed E-state index contributed by atoms with van der Waals surface area (Å²) >= 11 is 0. The van der Waals surface area contributed by atoms with Gasteiger partial charge in [0.2, 0.25) is 5.82 Å². The van der Waals surface area contributed by atoms with E-state index in [0.717, 1.165) is 17.9 Å². The second-order valence-electron chi connectivity index (χ2n) is 4.19. The van der Waals surface area contributed by atoms with Gasteiger partial charge in [-0.1, -0.05) is 0 Å². The molecule has 3 N–H and O–H groups in total. The molecule has 0 amide bonds. The highest BCUT2D eigenvalue weighted by Crippen LogP contribution is 2.30. The van der Waals surface area contributed by atoms with Crippen molar-refractivity contribution < 1.29 is 19.3 Å². The molecule has 0 aromatic carbocycles. The SMILES string of the molecule is CO.[B]C([B])(O)C1CCC(n2cc(F)c(=O)[nH]c2=O)O1. The lowest BCUT2D eigenvalue weighted by Crippen LogP contribution is -2.43. The Morgan fingerprint density at radius 2 is 2.05 bits per heavy atom. The van der Waals surface area contributed by atoms with Gasteiger partial charge in [-0.2, -0.15) is 4.39 Å². The molecule has 2 atom stereocenters. The summed E-state index contributed by atoms with van der Waals surface area (Å²) in [7, 11) is 11.5. The summed E-state index contributed by atoms with van der Waals surface area (Å²) in [5.74, 6) is -1.10. The van der Waals surface area contributed by atoms with Gasteiger partial charge in [-0.25, -0.2) is 4.79 Å². The van der Waals surface area contributed by atoms with Crippen LogP contribution in [-0.2, 0) is 4.74 Å². The molecule has 7 nitrogen and oxygen atoms in total. The third kappa shape index (κ3) is 3.59. The number of rotatable bonds is 2. The van der Waals surface area contributed by atoms with Gasteiger partial charge < -0.3 is 14.9 Å². The number of aliphatic hydroxyl groups is 2. The number of hydrogen-bond donors (Lipinski definition) is 3. The zero-order valence-electron chi connectivity index (χ0n) is 10.7. The Morgan fingerprint density at radius 3 is 2.55 bits per heavy atom. The lowest BCUT2D eigenvalue weighted by molar-refractivity contribution is -0.0506. The highest BCUT2D eigenvalue weighted by atomic mass is 19.1. The van der Waals surface area contributed by atoms with E-state index in [4.69, 9.17) is 25.5 Å². The molecule has 1 fully saturated rings. The van der Waals surface area contributed by atoms with Crippen LogP contribution in [0.1, 0.15) is 19.1 Å². The van der Waals surface area contributed by atoms with E-state index in [1.54, 1.807) is 0 Å². The van der Waals surface area contributed by atoms with Crippen LogP contribution in [0, 0.1) is 5.82 Å². The summed E-state index contributed by atoms with van der Waals surface area (Å²) in [6.07, 6.45) is -0.328. The summed E-state index contributed by atoms with van der Waals surface area (Å²) in [6.45, 7) is 0. The van der Waals surface area contributed by atoms with Crippen LogP contribution in [0.15, 0.2) is 15.8 Å². The molecule has 1 aromatic heterocycles. The molecule has 20 heavy (non-hydrogen) atoms. The maximum Gasteiger partial charge on any atom is 0.330 e. The van der Waals surface area contributed by atoms with E-state index in [1.807, 2.05) is 4.98 Å². The first kappa shape index (κ1) is 16.7. The van der Waals surface area contributed by atoms with Crippen LogP contribution in [0.25, 0.3) is 0 Å². The summed E-state index contributed by atoms with van der Waals surface area (Å²) < 4.78 is 19.2. The van der Waals surface area contributed by atoms with E-state index >= 15 is 0 Å². The van der Waals surface area contributed by atoms with Crippen molar-refractivity contribution in [3.05, 3.63) is 32.9 Å². The molecule has 0 saturated carbocycles. The van der Waals surface area contributed by atoms with E-state index < -0.39 is 34.8 Å². The summed E-state index contributed by atoms with van der Waals surface area (Å²) in [6, 6.07) is 0. The molecular weight excluding hydrogens is 269 g/mol. The van der Waals surface area contributed by atoms with Gasteiger partial charge in [-0.15, -0.1) is 0 Å². The van der Waals surface area contributed by atoms with Crippen molar-refractivity contribution in [2.45, 2.75) is 30.6 Å². The minimum absolute atomic E-state index is 0.307. The second-order valence-corrected chi connectivity index (χ2v) is 4.19. The Kier molecular flexibility index (Phi) is 5.32. The number of nitrogens with one attached hydrogen (secondary N) is 1. The first-order valence-electron chi connectivity index (χ1n) is 5.70. The average molecular weight is 282 g/mol. The van der Waals surface area contributed by atoms with E-state index in [-0.39, 0.29) is 0 Å². The van der Waals surface area contributed by atoms with E-state index in [1.165, 1.54) is 0 Å². The van der Waals surface area contributed by atoms with Crippen LogP contribution in [-0.4, -0.2) is 54.1 Å². The smallest absolute Gasteiger partial charge is 0.330 e. The minimum Gasteiger partial charge on any atom is -0.407 e. The minimum atomic E-state index is -2.03. The molecule has 1 saturated heterocycles. The largest absolute Gasteiger partial charge is 0.407 e. The molecule has 1 aliphatic heterocycles. The maximum absolute atomic E-state index is 13.1. The van der Waals surface area contributed by atoms with Crippen molar-refractivity contribution >= 4 is 15.7 Å². The standard InChI is InChI=1S/C9H9B2FN2O4.CH4O/c10-9(11,17)5-1-2-6(18-5)14-3-4(12)7(15)13-8(14)16;1-2/h3,5-6,17H,1-2H2,(H,13,15,16);2H,1H3. The van der Waals surface area contributed by atoms with Crippen molar-refractivity contribution in [3.8, 4) is 0 Å². The van der Waals surface area contributed by atoms with E-state index in [2.05, 4.69) is 0 Å². The second kappa shape index (κ2) is 6.38. The van der Waals surface area contributed by atoms with Crippen molar-refractivity contribution in [2.24, 2.45) is 0 Å². The number of H-pyrrole nitrogens is 1. The number of nitrogens with zero attached hydrogens (tertiary/aromatic N) is 1. The number of aromatic nitrogens is 2. The Morgan fingerprint density at radius 1 is 1.45 bits per heavy atom. The molecule has 2 heterocycles. The number of aliphatic hydroxyl groups excluding tert-OH is 1. The fourth-order valence-electron chi connectivity index (χ4n) is 1.84. The lowest BCUT2D eigenvalue weighted by Gasteiger charge is -2.26. The van der Waals surface area contributed by atoms with Gasteiger partial charge in [0.1, 0.15) is 21.9 Å². The fraction of sp³-hybridized carbons (Fsp3) is 0.600. The highest BCUT2D eigenvalue weighted by molar-refractivity contribution is 6.39. The van der Waals surface area contributed by atoms with Gasteiger partial charge in [0.25, 0.3) is 5.56 Å². The third-order valence-corrected chi connectivity index (χ3v) is 2.75. The zero-order valence-corrected chi connectivity index (χ0v) is 10.7. The number of ether oxygens (including phenoxy) is 1. The molecule has 0 bridgehead atoms. The van der Waals surface area contributed by atoms with Gasteiger partial charge >= 0.3 is 5.69 Å². The van der Waals surface area contributed by atoms with Crippen LogP contribution >= 0.6 is 0 Å². The summed E-state index contributed by atoms with van der Waals surface area (Å²) in [4.78, 5) is 24.1. The van der Waals surface area contributed by atoms with Gasteiger partial charge in [-0.05, 0) is 12.8 Å². The van der Waals surface area contributed by atoms with Crippen molar-refractivity contribution in [1.82, 2.24) is 9.55 Å². The molecule has 0 aliphatic carbocycles. The Bertz CT molecular complexity index is 568. The van der Waals surface area contributed by atoms with Crippen LogP contribution in [0.2, 0.25) is 0 Å². The van der Waals surface area contributed by atoms with Crippen molar-refractivity contribution in [2.75, 3.05) is 7.11 Å². The Hall–Kier alpha value is -1.38.